The van der Waals surface area contributed by atoms with Gasteiger partial charge in [0.1, 0.15) is 15.8 Å². The van der Waals surface area contributed by atoms with Crippen molar-refractivity contribution in [1.29, 1.82) is 0 Å². The van der Waals surface area contributed by atoms with Gasteiger partial charge in [0, 0.05) is 11.0 Å². The van der Waals surface area contributed by atoms with Gasteiger partial charge < -0.3 is 5.32 Å². The van der Waals surface area contributed by atoms with Gasteiger partial charge in [0.15, 0.2) is 0 Å². The molecule has 0 saturated carbocycles. The SMILES string of the molecule is CC(C)(C)c1nnc(CNC(=O)c2ccc(F)c(C(F)F)c2)s1. The van der Waals surface area contributed by atoms with Gasteiger partial charge in [-0.15, -0.1) is 10.2 Å². The van der Waals surface area contributed by atoms with E-state index in [1.807, 2.05) is 20.8 Å². The smallest absolute Gasteiger partial charge is 0.266 e. The van der Waals surface area contributed by atoms with E-state index in [9.17, 15) is 18.0 Å². The van der Waals surface area contributed by atoms with Crippen molar-refractivity contribution in [3.63, 3.8) is 0 Å². The minimum atomic E-state index is -2.97. The third-order valence-electron chi connectivity index (χ3n) is 3.00. The third-order valence-corrected chi connectivity index (χ3v) is 4.35. The van der Waals surface area contributed by atoms with Crippen LogP contribution in [0.4, 0.5) is 13.2 Å². The molecule has 124 valence electrons. The number of hydrogen-bond acceptors (Lipinski definition) is 4. The monoisotopic (exact) mass is 343 g/mol. The zero-order valence-corrected chi connectivity index (χ0v) is 13.7. The van der Waals surface area contributed by atoms with Gasteiger partial charge in [-0.3, -0.25) is 4.79 Å². The lowest BCUT2D eigenvalue weighted by Gasteiger charge is -2.12. The average molecular weight is 343 g/mol. The molecule has 1 aromatic carbocycles. The van der Waals surface area contributed by atoms with Crippen molar-refractivity contribution in [1.82, 2.24) is 15.5 Å². The first-order chi connectivity index (χ1) is 10.7. The number of alkyl halides is 2. The number of carbonyl (C=O) groups is 1. The van der Waals surface area contributed by atoms with Crippen LogP contribution in [-0.4, -0.2) is 16.1 Å². The van der Waals surface area contributed by atoms with Crippen molar-refractivity contribution in [2.24, 2.45) is 0 Å². The maximum atomic E-state index is 13.2. The fourth-order valence-corrected chi connectivity index (χ4v) is 2.58. The normalized spacial score (nSPS) is 11.8. The second-order valence-electron chi connectivity index (χ2n) is 5.97. The number of hydrogen-bond donors (Lipinski definition) is 1. The highest BCUT2D eigenvalue weighted by Gasteiger charge is 2.20. The predicted molar refractivity (Wildman–Crippen MR) is 81.1 cm³/mol. The van der Waals surface area contributed by atoms with Gasteiger partial charge in [-0.2, -0.15) is 0 Å². The zero-order valence-electron chi connectivity index (χ0n) is 12.9. The molecular formula is C15H16F3N3OS. The number of nitrogens with one attached hydrogen (secondary N) is 1. The number of carbonyl (C=O) groups excluding carboxylic acids is 1. The Morgan fingerprint density at radius 3 is 2.57 bits per heavy atom. The molecule has 2 rings (SSSR count). The van der Waals surface area contributed by atoms with E-state index in [0.717, 1.165) is 23.2 Å². The summed E-state index contributed by atoms with van der Waals surface area (Å²) >= 11 is 1.37. The van der Waals surface area contributed by atoms with Crippen LogP contribution < -0.4 is 5.32 Å². The van der Waals surface area contributed by atoms with Crippen molar-refractivity contribution in [3.05, 3.63) is 45.2 Å². The van der Waals surface area contributed by atoms with Crippen LogP contribution in [0, 0.1) is 5.82 Å². The highest BCUT2D eigenvalue weighted by Crippen LogP contribution is 2.25. The van der Waals surface area contributed by atoms with Crippen LogP contribution in [0.15, 0.2) is 18.2 Å². The Morgan fingerprint density at radius 1 is 1.30 bits per heavy atom. The molecule has 1 heterocycles. The van der Waals surface area contributed by atoms with Crippen LogP contribution >= 0.6 is 11.3 Å². The van der Waals surface area contributed by atoms with E-state index in [2.05, 4.69) is 15.5 Å². The molecule has 8 heteroatoms. The van der Waals surface area contributed by atoms with Crippen LogP contribution in [-0.2, 0) is 12.0 Å². The van der Waals surface area contributed by atoms with Crippen LogP contribution in [0.3, 0.4) is 0 Å². The Morgan fingerprint density at radius 2 is 2.00 bits per heavy atom. The molecule has 2 aromatic rings. The molecule has 0 atom stereocenters. The Balaban J connectivity index is 2.05. The standard InChI is InChI=1S/C15H16F3N3OS/c1-15(2,3)14-21-20-11(23-14)7-19-13(22)8-4-5-10(16)9(6-8)12(17)18/h4-6,12H,7H2,1-3H3,(H,19,22). The molecule has 0 aliphatic rings. The number of halogens is 3. The fraction of sp³-hybridized carbons (Fsp3) is 0.400. The summed E-state index contributed by atoms with van der Waals surface area (Å²) in [6, 6.07) is 2.88. The molecule has 0 saturated heterocycles. The highest BCUT2D eigenvalue weighted by atomic mass is 32.1. The minimum absolute atomic E-state index is 0.0257. The molecule has 0 aliphatic carbocycles. The lowest BCUT2D eigenvalue weighted by atomic mass is 9.98. The number of rotatable bonds is 4. The van der Waals surface area contributed by atoms with Crippen LogP contribution in [0.1, 0.15) is 53.1 Å². The molecule has 0 spiro atoms. The second-order valence-corrected chi connectivity index (χ2v) is 7.03. The van der Waals surface area contributed by atoms with Crippen molar-refractivity contribution in [2.75, 3.05) is 0 Å². The molecule has 0 fully saturated rings. The number of benzene rings is 1. The summed E-state index contributed by atoms with van der Waals surface area (Å²) in [6.07, 6.45) is -2.97. The summed E-state index contributed by atoms with van der Waals surface area (Å²) in [4.78, 5) is 12.0. The molecule has 4 nitrogen and oxygen atoms in total. The van der Waals surface area contributed by atoms with Crippen molar-refractivity contribution >= 4 is 17.2 Å². The summed E-state index contributed by atoms with van der Waals surface area (Å²) in [5.74, 6) is -1.60. The lowest BCUT2D eigenvalue weighted by molar-refractivity contribution is 0.0950. The summed E-state index contributed by atoms with van der Waals surface area (Å²) in [7, 11) is 0. The van der Waals surface area contributed by atoms with Gasteiger partial charge in [-0.05, 0) is 18.2 Å². The Labute approximate surface area is 135 Å². The van der Waals surface area contributed by atoms with Gasteiger partial charge in [0.2, 0.25) is 0 Å². The van der Waals surface area contributed by atoms with Gasteiger partial charge >= 0.3 is 0 Å². The first kappa shape index (κ1) is 17.4. The first-order valence-electron chi connectivity index (χ1n) is 6.87. The Kier molecular flexibility index (Phi) is 5.03. The number of nitrogens with zero attached hydrogens (tertiary/aromatic N) is 2. The van der Waals surface area contributed by atoms with Crippen LogP contribution in [0.5, 0.6) is 0 Å². The zero-order chi connectivity index (χ0) is 17.2. The fourth-order valence-electron chi connectivity index (χ4n) is 1.74. The molecule has 0 unspecified atom stereocenters. The maximum absolute atomic E-state index is 13.2. The van der Waals surface area contributed by atoms with E-state index >= 15 is 0 Å². The van der Waals surface area contributed by atoms with E-state index in [0.29, 0.717) is 5.01 Å². The molecule has 1 aromatic heterocycles. The lowest BCUT2D eigenvalue weighted by Crippen LogP contribution is -2.23. The minimum Gasteiger partial charge on any atom is -0.345 e. The maximum Gasteiger partial charge on any atom is 0.266 e. The third kappa shape index (κ3) is 4.28. The predicted octanol–water partition coefficient (Wildman–Crippen LogP) is 3.84. The van der Waals surface area contributed by atoms with Crippen molar-refractivity contribution < 1.29 is 18.0 Å². The second kappa shape index (κ2) is 6.66. The van der Waals surface area contributed by atoms with E-state index < -0.39 is 23.7 Å². The molecule has 0 aliphatic heterocycles. The van der Waals surface area contributed by atoms with E-state index in [4.69, 9.17) is 0 Å². The van der Waals surface area contributed by atoms with Gasteiger partial charge in [-0.1, -0.05) is 32.1 Å². The molecule has 0 bridgehead atoms. The Hall–Kier alpha value is -1.96. The quantitative estimate of drug-likeness (QED) is 0.918. The summed E-state index contributed by atoms with van der Waals surface area (Å²) in [5.41, 5.74) is -0.950. The Bertz CT molecular complexity index is 710. The van der Waals surface area contributed by atoms with Crippen LogP contribution in [0.25, 0.3) is 0 Å². The number of amides is 1. The number of aromatic nitrogens is 2. The highest BCUT2D eigenvalue weighted by molar-refractivity contribution is 7.11. The molecular weight excluding hydrogens is 327 g/mol. The van der Waals surface area contributed by atoms with E-state index in [1.54, 1.807) is 0 Å². The van der Waals surface area contributed by atoms with Gasteiger partial charge in [0.05, 0.1) is 12.1 Å². The topological polar surface area (TPSA) is 54.9 Å². The summed E-state index contributed by atoms with van der Waals surface area (Å²) in [6.45, 7) is 6.13. The van der Waals surface area contributed by atoms with E-state index in [1.165, 1.54) is 11.3 Å². The molecule has 1 N–H and O–H groups in total. The van der Waals surface area contributed by atoms with Gasteiger partial charge in [0.25, 0.3) is 12.3 Å². The van der Waals surface area contributed by atoms with Crippen LogP contribution in [0.2, 0.25) is 0 Å². The molecule has 0 radical (unpaired) electrons. The average Bonchev–Trinajstić information content (AvgIpc) is 2.94. The largest absolute Gasteiger partial charge is 0.345 e. The van der Waals surface area contributed by atoms with Gasteiger partial charge in [-0.25, -0.2) is 13.2 Å². The van der Waals surface area contributed by atoms with Crippen molar-refractivity contribution in [3.8, 4) is 0 Å². The van der Waals surface area contributed by atoms with Crippen molar-refractivity contribution in [2.45, 2.75) is 39.2 Å². The first-order valence-corrected chi connectivity index (χ1v) is 7.69. The molecule has 23 heavy (non-hydrogen) atoms. The summed E-state index contributed by atoms with van der Waals surface area (Å²) < 4.78 is 38.5. The molecule has 1 amide bonds. The summed E-state index contributed by atoms with van der Waals surface area (Å²) in [5, 5.41) is 12.1. The van der Waals surface area contributed by atoms with E-state index in [-0.39, 0.29) is 17.5 Å².